The van der Waals surface area contributed by atoms with Crippen LogP contribution < -0.4 is 10.1 Å². The number of halogens is 2. The Labute approximate surface area is 217 Å². The fourth-order valence-electron chi connectivity index (χ4n) is 4.11. The Morgan fingerprint density at radius 2 is 1.86 bits per heavy atom. The number of hydrogen-bond donors (Lipinski definition) is 1. The monoisotopic (exact) mass is 521 g/mol. The molecule has 0 unspecified atom stereocenters. The zero-order valence-corrected chi connectivity index (χ0v) is 21.3. The molecule has 0 aliphatic carbocycles. The van der Waals surface area contributed by atoms with Crippen molar-refractivity contribution < 1.29 is 9.53 Å². The number of amidine groups is 1. The van der Waals surface area contributed by atoms with Crippen molar-refractivity contribution in [1.82, 2.24) is 9.88 Å². The highest BCUT2D eigenvalue weighted by Crippen LogP contribution is 2.36. The van der Waals surface area contributed by atoms with Crippen LogP contribution in [0, 0.1) is 6.92 Å². The van der Waals surface area contributed by atoms with Gasteiger partial charge in [-0.2, -0.15) is 0 Å². The standard InChI is InChI=1S/C27H21Cl2N3O2S/c1-16-20(19-8-4-6-10-23(19)32(16)15-17-7-3-5-9-21(17)29)14-25-26(33)31-27(35-25)30-22-13-18(28)11-12-24(22)34-2/h3-14H,15H2,1-2H3,(H,30,31,33)/b25-14-. The van der Waals surface area contributed by atoms with Crippen molar-refractivity contribution in [2.45, 2.75) is 13.5 Å². The summed E-state index contributed by atoms with van der Waals surface area (Å²) in [4.78, 5) is 18.0. The average Bonchev–Trinajstić information content (AvgIpc) is 3.32. The first-order valence-electron chi connectivity index (χ1n) is 10.9. The van der Waals surface area contributed by atoms with Crippen LogP contribution in [-0.2, 0) is 11.3 Å². The topological polar surface area (TPSA) is 55.6 Å². The van der Waals surface area contributed by atoms with E-state index in [0.29, 0.717) is 33.1 Å². The Kier molecular flexibility index (Phi) is 6.60. The number of thioether (sulfide) groups is 1. The van der Waals surface area contributed by atoms with E-state index in [0.717, 1.165) is 32.7 Å². The van der Waals surface area contributed by atoms with Gasteiger partial charge in [-0.25, -0.2) is 4.99 Å². The molecule has 0 bridgehead atoms. The van der Waals surface area contributed by atoms with Crippen LogP contribution in [0.15, 0.2) is 76.6 Å². The third-order valence-electron chi connectivity index (χ3n) is 5.86. The van der Waals surface area contributed by atoms with Crippen LogP contribution in [0.2, 0.25) is 10.0 Å². The summed E-state index contributed by atoms with van der Waals surface area (Å²) in [5, 5.41) is 5.66. The molecule has 2 heterocycles. The van der Waals surface area contributed by atoms with Crippen LogP contribution in [0.5, 0.6) is 5.75 Å². The van der Waals surface area contributed by atoms with E-state index in [2.05, 4.69) is 33.9 Å². The largest absolute Gasteiger partial charge is 0.494 e. The SMILES string of the molecule is COc1ccc(Cl)cc1N=C1NC(=O)/C(=C/c2c(C)n(Cc3ccccc3Cl)c3ccccc23)S1. The van der Waals surface area contributed by atoms with Gasteiger partial charge in [0, 0.05) is 38.8 Å². The molecule has 5 nitrogen and oxygen atoms in total. The molecule has 1 aliphatic rings. The second kappa shape index (κ2) is 9.82. The van der Waals surface area contributed by atoms with Crippen LogP contribution >= 0.6 is 35.0 Å². The first-order valence-corrected chi connectivity index (χ1v) is 12.5. The molecule has 35 heavy (non-hydrogen) atoms. The number of methoxy groups -OCH3 is 1. The first kappa shape index (κ1) is 23.5. The minimum atomic E-state index is -0.197. The molecule has 0 atom stereocenters. The van der Waals surface area contributed by atoms with Crippen molar-refractivity contribution in [3.8, 4) is 5.75 Å². The molecule has 1 aliphatic heterocycles. The lowest BCUT2D eigenvalue weighted by Gasteiger charge is -2.10. The van der Waals surface area contributed by atoms with Crippen molar-refractivity contribution in [2.24, 2.45) is 4.99 Å². The van der Waals surface area contributed by atoms with Gasteiger partial charge in [0.25, 0.3) is 5.91 Å². The molecule has 3 aromatic carbocycles. The third-order valence-corrected chi connectivity index (χ3v) is 7.37. The minimum Gasteiger partial charge on any atom is -0.494 e. The fourth-order valence-corrected chi connectivity index (χ4v) is 5.29. The highest BCUT2D eigenvalue weighted by Gasteiger charge is 2.25. The summed E-state index contributed by atoms with van der Waals surface area (Å²) in [5.41, 5.74) is 4.71. The molecule has 1 amide bonds. The van der Waals surface area contributed by atoms with E-state index in [1.807, 2.05) is 42.5 Å². The van der Waals surface area contributed by atoms with Crippen LogP contribution in [0.4, 0.5) is 5.69 Å². The molecule has 1 fully saturated rings. The van der Waals surface area contributed by atoms with E-state index in [-0.39, 0.29) is 5.91 Å². The average molecular weight is 522 g/mol. The lowest BCUT2D eigenvalue weighted by Crippen LogP contribution is -2.19. The zero-order chi connectivity index (χ0) is 24.5. The summed E-state index contributed by atoms with van der Waals surface area (Å²) in [5.74, 6) is 0.379. The van der Waals surface area contributed by atoms with Gasteiger partial charge in [0.05, 0.1) is 12.0 Å². The highest BCUT2D eigenvalue weighted by atomic mass is 35.5. The lowest BCUT2D eigenvalue weighted by atomic mass is 10.1. The van der Waals surface area contributed by atoms with E-state index >= 15 is 0 Å². The van der Waals surface area contributed by atoms with Crippen LogP contribution in [0.25, 0.3) is 17.0 Å². The van der Waals surface area contributed by atoms with Crippen molar-refractivity contribution in [3.05, 3.63) is 98.5 Å². The smallest absolute Gasteiger partial charge is 0.264 e. The van der Waals surface area contributed by atoms with Crippen molar-refractivity contribution in [3.63, 3.8) is 0 Å². The molecule has 0 spiro atoms. The van der Waals surface area contributed by atoms with E-state index in [1.165, 1.54) is 11.8 Å². The molecular weight excluding hydrogens is 501 g/mol. The Balaban J connectivity index is 1.53. The van der Waals surface area contributed by atoms with E-state index < -0.39 is 0 Å². The second-order valence-electron chi connectivity index (χ2n) is 7.99. The van der Waals surface area contributed by atoms with Gasteiger partial charge in [-0.1, -0.05) is 59.6 Å². The van der Waals surface area contributed by atoms with Crippen LogP contribution in [0.3, 0.4) is 0 Å². The zero-order valence-electron chi connectivity index (χ0n) is 19.0. The predicted octanol–water partition coefficient (Wildman–Crippen LogP) is 7.21. The quantitative estimate of drug-likeness (QED) is 0.282. The number of hydrogen-bond acceptors (Lipinski definition) is 4. The fraction of sp³-hybridized carbons (Fsp3) is 0.111. The van der Waals surface area contributed by atoms with Gasteiger partial charge in [-0.3, -0.25) is 4.79 Å². The summed E-state index contributed by atoms with van der Waals surface area (Å²) in [6.07, 6.45) is 1.93. The van der Waals surface area contributed by atoms with Gasteiger partial charge in [0.15, 0.2) is 5.17 Å². The van der Waals surface area contributed by atoms with Gasteiger partial charge in [-0.15, -0.1) is 0 Å². The molecule has 1 saturated heterocycles. The van der Waals surface area contributed by atoms with Crippen LogP contribution in [0.1, 0.15) is 16.8 Å². The molecule has 5 rings (SSSR count). The first-order chi connectivity index (χ1) is 16.9. The van der Waals surface area contributed by atoms with E-state index in [9.17, 15) is 4.79 Å². The van der Waals surface area contributed by atoms with Gasteiger partial charge in [-0.05, 0) is 60.7 Å². The number of benzene rings is 3. The Morgan fingerprint density at radius 1 is 1.09 bits per heavy atom. The van der Waals surface area contributed by atoms with E-state index in [4.69, 9.17) is 27.9 Å². The van der Waals surface area contributed by atoms with Gasteiger partial charge >= 0.3 is 0 Å². The second-order valence-corrected chi connectivity index (χ2v) is 9.87. The third kappa shape index (κ3) is 4.69. The number of nitrogens with one attached hydrogen (secondary N) is 1. The number of rotatable bonds is 5. The molecular formula is C27H21Cl2N3O2S. The maximum Gasteiger partial charge on any atom is 0.264 e. The number of nitrogens with zero attached hydrogens (tertiary/aromatic N) is 2. The lowest BCUT2D eigenvalue weighted by molar-refractivity contribution is -0.115. The minimum absolute atomic E-state index is 0.197. The molecule has 1 aromatic heterocycles. The molecule has 0 radical (unpaired) electrons. The molecule has 0 saturated carbocycles. The molecule has 8 heteroatoms. The maximum atomic E-state index is 12.8. The summed E-state index contributed by atoms with van der Waals surface area (Å²) >= 11 is 13.9. The van der Waals surface area contributed by atoms with Crippen molar-refractivity contribution in [1.29, 1.82) is 0 Å². The highest BCUT2D eigenvalue weighted by molar-refractivity contribution is 8.18. The van der Waals surface area contributed by atoms with Gasteiger partial charge < -0.3 is 14.6 Å². The summed E-state index contributed by atoms with van der Waals surface area (Å²) < 4.78 is 7.60. The summed E-state index contributed by atoms with van der Waals surface area (Å²) in [7, 11) is 1.57. The van der Waals surface area contributed by atoms with Gasteiger partial charge in [0.2, 0.25) is 0 Å². The van der Waals surface area contributed by atoms with Crippen molar-refractivity contribution >= 4 is 68.7 Å². The number of aromatic nitrogens is 1. The number of ether oxygens (including phenoxy) is 1. The van der Waals surface area contributed by atoms with Gasteiger partial charge in [0.1, 0.15) is 11.4 Å². The summed E-state index contributed by atoms with van der Waals surface area (Å²) in [6.45, 7) is 2.70. The van der Waals surface area contributed by atoms with Crippen LogP contribution in [-0.4, -0.2) is 22.8 Å². The Hall–Kier alpha value is -3.19. The number of carbonyl (C=O) groups excluding carboxylic acids is 1. The maximum absolute atomic E-state index is 12.8. The predicted molar refractivity (Wildman–Crippen MR) is 146 cm³/mol. The summed E-state index contributed by atoms with van der Waals surface area (Å²) in [6, 6.07) is 21.2. The normalized spacial score (nSPS) is 15.8. The van der Waals surface area contributed by atoms with E-state index in [1.54, 1.807) is 25.3 Å². The number of carbonyl (C=O) groups is 1. The molecule has 1 N–H and O–H groups in total. The molecule has 4 aromatic rings. The Bertz CT molecular complexity index is 1520. The number of para-hydroxylation sites is 1. The molecule has 176 valence electrons. The Morgan fingerprint density at radius 3 is 2.66 bits per heavy atom. The van der Waals surface area contributed by atoms with Crippen molar-refractivity contribution in [2.75, 3.05) is 7.11 Å². The number of amides is 1. The number of aliphatic imine (C=N–C) groups is 1. The number of fused-ring (bicyclic) bond motifs is 1.